The predicted molar refractivity (Wildman–Crippen MR) is 91.7 cm³/mol. The lowest BCUT2D eigenvalue weighted by atomic mass is 9.98. The van der Waals surface area contributed by atoms with E-state index in [0.29, 0.717) is 35.8 Å². The lowest BCUT2D eigenvalue weighted by Gasteiger charge is -2.17. The summed E-state index contributed by atoms with van der Waals surface area (Å²) in [6.07, 6.45) is 7.72. The minimum absolute atomic E-state index is 0.0493. The first-order valence-corrected chi connectivity index (χ1v) is 7.44. The monoisotopic (exact) mass is 335 g/mol. The highest BCUT2D eigenvalue weighted by Gasteiger charge is 2.22. The van der Waals surface area contributed by atoms with Crippen LogP contribution in [0.3, 0.4) is 0 Å². The van der Waals surface area contributed by atoms with Gasteiger partial charge in [-0.3, -0.25) is 9.59 Å². The second kappa shape index (κ2) is 11.8. The van der Waals surface area contributed by atoms with Gasteiger partial charge in [-0.2, -0.15) is 0 Å². The zero-order valence-electron chi connectivity index (χ0n) is 14.9. The van der Waals surface area contributed by atoms with E-state index >= 15 is 0 Å². The number of allylic oxidation sites excluding steroid dienone is 2. The average molecular weight is 335 g/mol. The van der Waals surface area contributed by atoms with Crippen molar-refractivity contribution in [2.45, 2.75) is 27.2 Å². The van der Waals surface area contributed by atoms with Crippen LogP contribution in [0.5, 0.6) is 0 Å². The molecule has 6 heteroatoms. The van der Waals surface area contributed by atoms with E-state index < -0.39 is 5.97 Å². The van der Waals surface area contributed by atoms with Crippen LogP contribution in [0.4, 0.5) is 0 Å². The van der Waals surface area contributed by atoms with Crippen LogP contribution in [0.15, 0.2) is 34.9 Å². The van der Waals surface area contributed by atoms with Crippen LogP contribution in [-0.4, -0.2) is 39.1 Å². The molecule has 1 aliphatic rings. The SMILES string of the molecule is C#CC.CCOC(=O)CC1=CNC/C(=C\C(OC)=C(/C)OC)C1=O. The maximum Gasteiger partial charge on any atom is 0.310 e. The summed E-state index contributed by atoms with van der Waals surface area (Å²) in [5.74, 6) is 2.68. The number of rotatable bonds is 6. The van der Waals surface area contributed by atoms with Gasteiger partial charge >= 0.3 is 5.97 Å². The molecule has 0 saturated carbocycles. The zero-order chi connectivity index (χ0) is 18.5. The van der Waals surface area contributed by atoms with Gasteiger partial charge in [0, 0.05) is 23.9 Å². The zero-order valence-corrected chi connectivity index (χ0v) is 14.9. The van der Waals surface area contributed by atoms with Crippen molar-refractivity contribution in [2.75, 3.05) is 27.4 Å². The number of hydrogen-bond donors (Lipinski definition) is 1. The normalized spacial score (nSPS) is 15.8. The summed E-state index contributed by atoms with van der Waals surface area (Å²) in [6, 6.07) is 0. The first-order valence-electron chi connectivity index (χ1n) is 7.44. The van der Waals surface area contributed by atoms with Crippen molar-refractivity contribution in [3.05, 3.63) is 34.9 Å². The van der Waals surface area contributed by atoms with E-state index in [1.54, 1.807) is 33.0 Å². The number of ether oxygens (including phenoxy) is 3. The van der Waals surface area contributed by atoms with Gasteiger partial charge in [0.2, 0.25) is 0 Å². The Morgan fingerprint density at radius 3 is 2.54 bits per heavy atom. The molecule has 0 saturated heterocycles. The number of esters is 1. The standard InChI is InChI=1S/C15H21NO5.C3H4/c1-5-21-14(17)7-12-9-16-8-11(15(12)18)6-13(20-4)10(2)19-3;1-3-2/h6,9,16H,5,7-8H2,1-4H3;1H,2H3/b11-6+,13-10-;. The Bertz CT molecular complexity index is 579. The molecule has 0 aromatic carbocycles. The van der Waals surface area contributed by atoms with Gasteiger partial charge in [0.05, 0.1) is 27.2 Å². The number of carbonyl (C=O) groups is 2. The molecule has 0 aliphatic carbocycles. The van der Waals surface area contributed by atoms with E-state index in [9.17, 15) is 9.59 Å². The minimum atomic E-state index is -0.421. The Hall–Kier alpha value is -2.68. The van der Waals surface area contributed by atoms with Gasteiger partial charge < -0.3 is 19.5 Å². The summed E-state index contributed by atoms with van der Waals surface area (Å²) < 4.78 is 15.1. The Morgan fingerprint density at radius 2 is 2.04 bits per heavy atom. The fourth-order valence-corrected chi connectivity index (χ4v) is 1.81. The minimum Gasteiger partial charge on any atom is -0.498 e. The average Bonchev–Trinajstić information content (AvgIpc) is 2.56. The van der Waals surface area contributed by atoms with E-state index in [4.69, 9.17) is 14.2 Å². The topological polar surface area (TPSA) is 73.9 Å². The highest BCUT2D eigenvalue weighted by atomic mass is 16.5. The number of methoxy groups -OCH3 is 2. The third-order valence-electron chi connectivity index (χ3n) is 2.97. The Balaban J connectivity index is 0.00000163. The Labute approximate surface area is 143 Å². The summed E-state index contributed by atoms with van der Waals surface area (Å²) in [5, 5.41) is 2.97. The molecule has 1 heterocycles. The van der Waals surface area contributed by atoms with Gasteiger partial charge in [-0.25, -0.2) is 0 Å². The van der Waals surface area contributed by atoms with Crippen LogP contribution in [0.25, 0.3) is 0 Å². The van der Waals surface area contributed by atoms with Crippen molar-refractivity contribution >= 4 is 11.8 Å². The Kier molecular flexibility index (Phi) is 10.5. The molecule has 6 nitrogen and oxygen atoms in total. The molecule has 0 unspecified atom stereocenters. The first kappa shape index (κ1) is 21.3. The van der Waals surface area contributed by atoms with Crippen molar-refractivity contribution in [1.29, 1.82) is 0 Å². The highest BCUT2D eigenvalue weighted by Crippen LogP contribution is 2.18. The lowest BCUT2D eigenvalue weighted by Crippen LogP contribution is -2.26. The van der Waals surface area contributed by atoms with Gasteiger partial charge in [0.15, 0.2) is 11.5 Å². The number of ketones is 1. The molecule has 1 rings (SSSR count). The highest BCUT2D eigenvalue weighted by molar-refractivity contribution is 6.11. The van der Waals surface area contributed by atoms with Crippen LogP contribution in [0.2, 0.25) is 0 Å². The second-order valence-corrected chi connectivity index (χ2v) is 4.65. The molecule has 0 amide bonds. The van der Waals surface area contributed by atoms with Gasteiger partial charge in [-0.05, 0) is 26.8 Å². The molecule has 1 N–H and O–H groups in total. The van der Waals surface area contributed by atoms with Crippen LogP contribution < -0.4 is 5.32 Å². The third kappa shape index (κ3) is 7.05. The van der Waals surface area contributed by atoms with Crippen LogP contribution in [-0.2, 0) is 23.8 Å². The lowest BCUT2D eigenvalue weighted by molar-refractivity contribution is -0.142. The van der Waals surface area contributed by atoms with Crippen LogP contribution in [0.1, 0.15) is 27.2 Å². The smallest absolute Gasteiger partial charge is 0.310 e. The predicted octanol–water partition coefficient (Wildman–Crippen LogP) is 2.09. The van der Waals surface area contributed by atoms with Crippen molar-refractivity contribution in [3.63, 3.8) is 0 Å². The molecule has 1 aliphatic heterocycles. The number of nitrogens with one attached hydrogen (secondary N) is 1. The van der Waals surface area contributed by atoms with Gasteiger partial charge in [0.25, 0.3) is 0 Å². The number of hydrogen-bond acceptors (Lipinski definition) is 6. The van der Waals surface area contributed by atoms with E-state index in [1.807, 2.05) is 0 Å². The summed E-state index contributed by atoms with van der Waals surface area (Å²) in [7, 11) is 3.03. The molecule has 132 valence electrons. The number of carbonyl (C=O) groups excluding carboxylic acids is 2. The van der Waals surface area contributed by atoms with Crippen molar-refractivity contribution < 1.29 is 23.8 Å². The van der Waals surface area contributed by atoms with Gasteiger partial charge in [-0.1, -0.05) is 0 Å². The van der Waals surface area contributed by atoms with Crippen molar-refractivity contribution in [2.24, 2.45) is 0 Å². The maximum absolute atomic E-state index is 12.3. The largest absolute Gasteiger partial charge is 0.498 e. The van der Waals surface area contributed by atoms with E-state index in [1.165, 1.54) is 14.2 Å². The van der Waals surface area contributed by atoms with E-state index in [-0.39, 0.29) is 12.2 Å². The molecule has 0 spiro atoms. The first-order chi connectivity index (χ1) is 11.4. The quantitative estimate of drug-likeness (QED) is 0.347. The molecule has 0 bridgehead atoms. The third-order valence-corrected chi connectivity index (χ3v) is 2.97. The molecular formula is C18H25NO5. The summed E-state index contributed by atoms with van der Waals surface area (Å²) in [6.45, 7) is 5.78. The molecule has 0 aromatic rings. The Morgan fingerprint density at radius 1 is 1.42 bits per heavy atom. The van der Waals surface area contributed by atoms with E-state index in [2.05, 4.69) is 17.7 Å². The second-order valence-electron chi connectivity index (χ2n) is 4.65. The molecule has 0 aromatic heterocycles. The van der Waals surface area contributed by atoms with Crippen molar-refractivity contribution in [3.8, 4) is 12.3 Å². The fourth-order valence-electron chi connectivity index (χ4n) is 1.81. The van der Waals surface area contributed by atoms with Gasteiger partial charge in [-0.15, -0.1) is 12.3 Å². The molecular weight excluding hydrogens is 310 g/mol. The number of Topliss-reactive ketones (excluding diaryl/α,β-unsaturated/α-hetero) is 1. The summed E-state index contributed by atoms with van der Waals surface area (Å²) in [4.78, 5) is 23.8. The fraction of sp³-hybridized carbons (Fsp3) is 0.444. The summed E-state index contributed by atoms with van der Waals surface area (Å²) >= 11 is 0. The molecule has 24 heavy (non-hydrogen) atoms. The van der Waals surface area contributed by atoms with Crippen LogP contribution >= 0.6 is 0 Å². The molecule has 0 atom stereocenters. The molecule has 0 radical (unpaired) electrons. The molecule has 0 fully saturated rings. The number of terminal acetylenes is 1. The van der Waals surface area contributed by atoms with Crippen LogP contribution in [0, 0.1) is 12.3 Å². The van der Waals surface area contributed by atoms with E-state index in [0.717, 1.165) is 0 Å². The summed E-state index contributed by atoms with van der Waals surface area (Å²) in [5.41, 5.74) is 0.876. The maximum atomic E-state index is 12.3. The van der Waals surface area contributed by atoms with Gasteiger partial charge in [0.1, 0.15) is 5.76 Å². The van der Waals surface area contributed by atoms with Crippen molar-refractivity contribution in [1.82, 2.24) is 5.32 Å².